The molecule has 1 rings (SSSR count). The van der Waals surface area contributed by atoms with Crippen molar-refractivity contribution < 1.29 is 5.11 Å². The van der Waals surface area contributed by atoms with E-state index in [1.807, 2.05) is 13.8 Å². The zero-order valence-electron chi connectivity index (χ0n) is 11.8. The summed E-state index contributed by atoms with van der Waals surface area (Å²) in [6.45, 7) is 8.80. The van der Waals surface area contributed by atoms with Gasteiger partial charge < -0.3 is 10.4 Å². The molecule has 0 aliphatic heterocycles. The van der Waals surface area contributed by atoms with E-state index >= 15 is 0 Å². The molecule has 1 unspecified atom stereocenters. The maximum absolute atomic E-state index is 9.69. The van der Waals surface area contributed by atoms with Crippen LogP contribution >= 0.6 is 0 Å². The zero-order valence-corrected chi connectivity index (χ0v) is 11.8. The van der Waals surface area contributed by atoms with Gasteiger partial charge in [0.1, 0.15) is 0 Å². The highest BCUT2D eigenvalue weighted by molar-refractivity contribution is 5.25. The van der Waals surface area contributed by atoms with E-state index in [1.54, 1.807) is 0 Å². The first-order valence-corrected chi connectivity index (χ1v) is 6.72. The molecule has 0 spiro atoms. The summed E-state index contributed by atoms with van der Waals surface area (Å²) in [5.74, 6) is 0.833. The Morgan fingerprint density at radius 3 is 2.33 bits per heavy atom. The lowest BCUT2D eigenvalue weighted by molar-refractivity contribution is 0.120. The smallest absolute Gasteiger partial charge is 0.242 e. The monoisotopic (exact) mass is 252 g/mol. The van der Waals surface area contributed by atoms with Crippen molar-refractivity contribution in [2.75, 3.05) is 11.9 Å². The van der Waals surface area contributed by atoms with Gasteiger partial charge in [-0.25, -0.2) is 4.98 Å². The molecule has 2 N–H and O–H groups in total. The number of aliphatic hydroxyl groups excluding tert-OH is 1. The zero-order chi connectivity index (χ0) is 13.5. The van der Waals surface area contributed by atoms with Crippen molar-refractivity contribution in [3.8, 4) is 0 Å². The summed E-state index contributed by atoms with van der Waals surface area (Å²) >= 11 is 0. The van der Waals surface area contributed by atoms with Crippen LogP contribution in [0.15, 0.2) is 0 Å². The number of aryl methyl sites for hydroxylation is 2. The van der Waals surface area contributed by atoms with E-state index in [9.17, 15) is 5.11 Å². The predicted octanol–water partition coefficient (Wildman–Crippen LogP) is 1.82. The third kappa shape index (κ3) is 4.22. The van der Waals surface area contributed by atoms with Crippen LogP contribution < -0.4 is 5.32 Å². The number of hydrogen-bond donors (Lipinski definition) is 2. The summed E-state index contributed by atoms with van der Waals surface area (Å²) in [4.78, 5) is 4.44. The van der Waals surface area contributed by atoms with Crippen molar-refractivity contribution in [2.24, 2.45) is 5.92 Å². The second-order valence-electron chi connectivity index (χ2n) is 4.76. The first-order valence-electron chi connectivity index (χ1n) is 6.72. The molecule has 1 heterocycles. The molecular weight excluding hydrogens is 228 g/mol. The van der Waals surface area contributed by atoms with E-state index in [1.165, 1.54) is 0 Å². The Labute approximate surface area is 109 Å². The number of rotatable bonds is 7. The van der Waals surface area contributed by atoms with Crippen LogP contribution in [0, 0.1) is 5.92 Å². The van der Waals surface area contributed by atoms with E-state index in [0.29, 0.717) is 18.9 Å². The number of anilines is 1. The third-order valence-corrected chi connectivity index (χ3v) is 3.00. The number of nitrogens with one attached hydrogen (secondary N) is 1. The summed E-state index contributed by atoms with van der Waals surface area (Å²) in [5.41, 5.74) is 1.96. The normalized spacial score (nSPS) is 12.8. The highest BCUT2D eigenvalue weighted by Gasteiger charge is 2.09. The third-order valence-electron chi connectivity index (χ3n) is 3.00. The molecule has 0 aliphatic rings. The number of aliphatic hydroxyl groups is 1. The topological polar surface area (TPSA) is 70.9 Å². The molecule has 0 aromatic carbocycles. The molecule has 102 valence electrons. The van der Waals surface area contributed by atoms with E-state index in [4.69, 9.17) is 0 Å². The summed E-state index contributed by atoms with van der Waals surface area (Å²) in [6, 6.07) is 0. The summed E-state index contributed by atoms with van der Waals surface area (Å²) in [7, 11) is 0. The summed E-state index contributed by atoms with van der Waals surface area (Å²) < 4.78 is 0. The molecule has 1 aromatic rings. The van der Waals surface area contributed by atoms with Gasteiger partial charge in [0.15, 0.2) is 0 Å². The van der Waals surface area contributed by atoms with Gasteiger partial charge in [0.25, 0.3) is 0 Å². The number of aromatic nitrogens is 3. The Balaban J connectivity index is 2.53. The van der Waals surface area contributed by atoms with Crippen molar-refractivity contribution in [3.05, 3.63) is 11.4 Å². The minimum absolute atomic E-state index is 0.277. The summed E-state index contributed by atoms with van der Waals surface area (Å²) in [6.07, 6.45) is 2.13. The molecule has 0 saturated heterocycles. The first kappa shape index (κ1) is 14.8. The van der Waals surface area contributed by atoms with Gasteiger partial charge in [-0.15, -0.1) is 5.10 Å². The van der Waals surface area contributed by atoms with Gasteiger partial charge in [-0.2, -0.15) is 5.10 Å². The predicted molar refractivity (Wildman–Crippen MR) is 72.5 cm³/mol. The molecule has 0 fully saturated rings. The lowest BCUT2D eigenvalue weighted by Gasteiger charge is -2.14. The second-order valence-corrected chi connectivity index (χ2v) is 4.76. The molecular formula is C13H24N4O. The Morgan fingerprint density at radius 2 is 1.78 bits per heavy atom. The van der Waals surface area contributed by atoms with Crippen LogP contribution in [0.3, 0.4) is 0 Å². The Bertz CT molecular complexity index is 368. The van der Waals surface area contributed by atoms with Crippen LogP contribution in [0.5, 0.6) is 0 Å². The fourth-order valence-electron chi connectivity index (χ4n) is 1.68. The Hall–Kier alpha value is -1.23. The van der Waals surface area contributed by atoms with Gasteiger partial charge in [-0.05, 0) is 25.2 Å². The fourth-order valence-corrected chi connectivity index (χ4v) is 1.68. The summed E-state index contributed by atoms with van der Waals surface area (Å²) in [5, 5.41) is 21.0. The van der Waals surface area contributed by atoms with Crippen LogP contribution in [0.4, 0.5) is 5.95 Å². The molecule has 0 saturated carbocycles. The van der Waals surface area contributed by atoms with Crippen LogP contribution in [0.25, 0.3) is 0 Å². The minimum Gasteiger partial charge on any atom is -0.393 e. The Kier molecular flexibility index (Phi) is 5.98. The van der Waals surface area contributed by atoms with Gasteiger partial charge in [-0.3, -0.25) is 0 Å². The van der Waals surface area contributed by atoms with Crippen molar-refractivity contribution in [3.63, 3.8) is 0 Å². The molecule has 0 bridgehead atoms. The maximum Gasteiger partial charge on any atom is 0.242 e. The molecule has 0 amide bonds. The van der Waals surface area contributed by atoms with Crippen LogP contribution in [-0.4, -0.2) is 32.9 Å². The van der Waals surface area contributed by atoms with Crippen molar-refractivity contribution in [1.29, 1.82) is 0 Å². The largest absolute Gasteiger partial charge is 0.393 e. The minimum atomic E-state index is -0.286. The molecule has 0 radical (unpaired) electrons. The van der Waals surface area contributed by atoms with Gasteiger partial charge >= 0.3 is 0 Å². The van der Waals surface area contributed by atoms with Gasteiger partial charge in [-0.1, -0.05) is 27.7 Å². The van der Waals surface area contributed by atoms with E-state index in [0.717, 1.165) is 24.2 Å². The molecule has 18 heavy (non-hydrogen) atoms. The van der Waals surface area contributed by atoms with E-state index in [-0.39, 0.29) is 12.0 Å². The highest BCUT2D eigenvalue weighted by Crippen LogP contribution is 2.08. The fraction of sp³-hybridized carbons (Fsp3) is 0.769. The maximum atomic E-state index is 9.69. The molecule has 1 atom stereocenters. The van der Waals surface area contributed by atoms with Crippen LogP contribution in [0.1, 0.15) is 45.5 Å². The average Bonchev–Trinajstić information content (AvgIpc) is 2.38. The van der Waals surface area contributed by atoms with Crippen LogP contribution in [0.2, 0.25) is 0 Å². The molecule has 5 heteroatoms. The quantitative estimate of drug-likeness (QED) is 0.774. The standard InChI is InChI=1S/C13H24N4O/c1-5-10-11(6-2)16-17-13(15-10)14-8-7-12(18)9(3)4/h9,12,18H,5-8H2,1-4H3,(H,14,15,17). The van der Waals surface area contributed by atoms with E-state index in [2.05, 4.69) is 34.3 Å². The molecule has 5 nitrogen and oxygen atoms in total. The van der Waals surface area contributed by atoms with Crippen molar-refractivity contribution in [2.45, 2.75) is 53.1 Å². The van der Waals surface area contributed by atoms with Gasteiger partial charge in [0.2, 0.25) is 5.95 Å². The van der Waals surface area contributed by atoms with Crippen molar-refractivity contribution >= 4 is 5.95 Å². The number of nitrogens with zero attached hydrogens (tertiary/aromatic N) is 3. The van der Waals surface area contributed by atoms with Gasteiger partial charge in [0, 0.05) is 6.54 Å². The lowest BCUT2D eigenvalue weighted by Crippen LogP contribution is -2.20. The molecule has 0 aliphatic carbocycles. The first-order chi connectivity index (χ1) is 8.58. The Morgan fingerprint density at radius 1 is 1.11 bits per heavy atom. The second kappa shape index (κ2) is 7.26. The average molecular weight is 252 g/mol. The SMILES string of the molecule is CCc1nnc(NCCC(O)C(C)C)nc1CC. The van der Waals surface area contributed by atoms with Gasteiger partial charge in [0.05, 0.1) is 17.5 Å². The number of hydrogen-bond acceptors (Lipinski definition) is 5. The highest BCUT2D eigenvalue weighted by atomic mass is 16.3. The van der Waals surface area contributed by atoms with Crippen molar-refractivity contribution in [1.82, 2.24) is 15.2 Å². The lowest BCUT2D eigenvalue weighted by atomic mass is 10.0. The van der Waals surface area contributed by atoms with E-state index < -0.39 is 0 Å². The van der Waals surface area contributed by atoms with Crippen LogP contribution in [-0.2, 0) is 12.8 Å². The molecule has 1 aromatic heterocycles.